The fourth-order valence-corrected chi connectivity index (χ4v) is 2.30. The van der Waals surface area contributed by atoms with Crippen LogP contribution in [0.1, 0.15) is 23.2 Å². The highest BCUT2D eigenvalue weighted by Gasteiger charge is 2.18. The molecule has 5 nitrogen and oxygen atoms in total. The highest BCUT2D eigenvalue weighted by Crippen LogP contribution is 2.05. The number of halogens is 1. The van der Waals surface area contributed by atoms with Gasteiger partial charge in [0.25, 0.3) is 5.91 Å². The van der Waals surface area contributed by atoms with Gasteiger partial charge in [-0.05, 0) is 36.8 Å². The van der Waals surface area contributed by atoms with Crippen LogP contribution in [0.2, 0.25) is 0 Å². The van der Waals surface area contributed by atoms with Crippen LogP contribution in [0.4, 0.5) is 0 Å². The molecule has 3 rings (SSSR count). The fraction of sp³-hybridized carbons (Fsp3) is 0.533. The third kappa shape index (κ3) is 5.63. The molecule has 2 saturated heterocycles. The predicted molar refractivity (Wildman–Crippen MR) is 81.3 cm³/mol. The molecular weight excluding hydrogens is 292 g/mol. The molecule has 0 aromatic heterocycles. The lowest BCUT2D eigenvalue weighted by Crippen LogP contribution is -2.34. The van der Waals surface area contributed by atoms with Gasteiger partial charge in [0.05, 0.1) is 19.3 Å². The van der Waals surface area contributed by atoms with Crippen LogP contribution < -0.4 is 10.2 Å². The fourth-order valence-electron chi connectivity index (χ4n) is 2.13. The number of benzene rings is 1. The first-order valence-electron chi connectivity index (χ1n) is 7.17. The largest absolute Gasteiger partial charge is 0.380 e. The van der Waals surface area contributed by atoms with Gasteiger partial charge in [0.1, 0.15) is 0 Å². The van der Waals surface area contributed by atoms with Gasteiger partial charge in [0.2, 0.25) is 0 Å². The Morgan fingerprint density at radius 3 is 2.14 bits per heavy atom. The van der Waals surface area contributed by atoms with Crippen molar-refractivity contribution < 1.29 is 14.3 Å². The maximum atomic E-state index is 11.6. The molecule has 2 N–H and O–H groups in total. The zero-order valence-corrected chi connectivity index (χ0v) is 12.6. The van der Waals surface area contributed by atoms with Crippen molar-refractivity contribution in [1.29, 1.82) is 0 Å². The summed E-state index contributed by atoms with van der Waals surface area (Å²) in [5, 5.41) is 2.93. The van der Waals surface area contributed by atoms with Crippen LogP contribution in [-0.2, 0) is 9.47 Å². The first kappa shape index (κ1) is 16.2. The molecule has 2 fully saturated rings. The Balaban J connectivity index is 0.000000194. The molecule has 2 aliphatic heterocycles. The molecule has 1 aromatic carbocycles. The highest BCUT2D eigenvalue weighted by molar-refractivity contribution is 6.13. The quantitative estimate of drug-likeness (QED) is 0.835. The topological polar surface area (TPSA) is 59.6 Å². The third-order valence-corrected chi connectivity index (χ3v) is 3.69. The Hall–Kier alpha value is -1.14. The summed E-state index contributed by atoms with van der Waals surface area (Å²) in [4.78, 5) is 14.2. The second-order valence-electron chi connectivity index (χ2n) is 5.07. The Kier molecular flexibility index (Phi) is 6.95. The van der Waals surface area contributed by atoms with Crippen LogP contribution in [0.25, 0.3) is 0 Å². The molecule has 1 aromatic rings. The van der Waals surface area contributed by atoms with Gasteiger partial charge in [0.15, 0.2) is 0 Å². The number of rotatable bonds is 3. The number of amides is 1. The molecule has 0 unspecified atom stereocenters. The molecular formula is C15H21ClN2O3. The molecule has 0 radical (unpaired) electrons. The highest BCUT2D eigenvalue weighted by atomic mass is 35.5. The lowest BCUT2D eigenvalue weighted by Gasteiger charge is -2.09. The molecule has 2 aliphatic rings. The van der Waals surface area contributed by atoms with Crippen molar-refractivity contribution in [2.24, 2.45) is 0 Å². The number of ether oxygens (including phenoxy) is 2. The van der Waals surface area contributed by atoms with Gasteiger partial charge in [0, 0.05) is 24.8 Å². The van der Waals surface area contributed by atoms with E-state index >= 15 is 0 Å². The van der Waals surface area contributed by atoms with E-state index in [1.807, 2.05) is 30.3 Å². The van der Waals surface area contributed by atoms with E-state index < -0.39 is 0 Å². The van der Waals surface area contributed by atoms with E-state index in [0.717, 1.165) is 32.7 Å². The Labute approximate surface area is 130 Å². The number of carbonyl (C=O) groups excluding carboxylic acids is 1. The van der Waals surface area contributed by atoms with Crippen molar-refractivity contribution in [2.75, 3.05) is 26.4 Å². The summed E-state index contributed by atoms with van der Waals surface area (Å²) < 4.78 is 10.2. The first-order valence-corrected chi connectivity index (χ1v) is 7.55. The van der Waals surface area contributed by atoms with E-state index in [1.165, 1.54) is 0 Å². The van der Waals surface area contributed by atoms with Crippen LogP contribution >= 0.6 is 11.8 Å². The Morgan fingerprint density at radius 1 is 1.05 bits per heavy atom. The molecule has 0 saturated carbocycles. The molecule has 1 amide bonds. The van der Waals surface area contributed by atoms with E-state index in [-0.39, 0.29) is 11.9 Å². The summed E-state index contributed by atoms with van der Waals surface area (Å²) in [6, 6.07) is 9.82. The molecule has 0 bridgehead atoms. The molecule has 6 heteroatoms. The van der Waals surface area contributed by atoms with Gasteiger partial charge in [-0.1, -0.05) is 18.2 Å². The van der Waals surface area contributed by atoms with Gasteiger partial charge >= 0.3 is 0 Å². The minimum Gasteiger partial charge on any atom is -0.380 e. The standard InChI is InChI=1S/C11H13NO2.C4H8ClNO/c13-11(9-4-2-1-3-5-9)12-10-6-7-14-8-10;5-6-4-1-2-7-3-4/h1-5,10H,6-8H2,(H,12,13);4,6H,1-3H2/t10-;4-/m00/s1. The smallest absolute Gasteiger partial charge is 0.251 e. The molecule has 116 valence electrons. The second kappa shape index (κ2) is 9.00. The number of hydrogen-bond acceptors (Lipinski definition) is 4. The average Bonchev–Trinajstić information content (AvgIpc) is 3.22. The van der Waals surface area contributed by atoms with Crippen molar-refractivity contribution in [3.8, 4) is 0 Å². The van der Waals surface area contributed by atoms with E-state index in [4.69, 9.17) is 21.3 Å². The average molecular weight is 313 g/mol. The van der Waals surface area contributed by atoms with Crippen LogP contribution in [0.5, 0.6) is 0 Å². The lowest BCUT2D eigenvalue weighted by atomic mass is 10.2. The van der Waals surface area contributed by atoms with Crippen molar-refractivity contribution in [2.45, 2.75) is 24.9 Å². The van der Waals surface area contributed by atoms with Gasteiger partial charge in [-0.15, -0.1) is 0 Å². The first-order chi connectivity index (χ1) is 10.3. The maximum absolute atomic E-state index is 11.6. The summed E-state index contributed by atoms with van der Waals surface area (Å²) in [6.07, 6.45) is 1.96. The predicted octanol–water partition coefficient (Wildman–Crippen LogP) is 1.72. The molecule has 2 atom stereocenters. The van der Waals surface area contributed by atoms with Gasteiger partial charge in [-0.25, -0.2) is 4.84 Å². The summed E-state index contributed by atoms with van der Waals surface area (Å²) in [6.45, 7) is 3.01. The van der Waals surface area contributed by atoms with Crippen LogP contribution in [0, 0.1) is 0 Å². The summed E-state index contributed by atoms with van der Waals surface area (Å²) >= 11 is 5.28. The monoisotopic (exact) mass is 312 g/mol. The Bertz CT molecular complexity index is 418. The maximum Gasteiger partial charge on any atom is 0.251 e. The number of carbonyl (C=O) groups is 1. The molecule has 21 heavy (non-hydrogen) atoms. The normalized spacial score (nSPS) is 24.2. The SMILES string of the molecule is ClN[C@H]1CCOC1.O=C(N[C@H]1CCOC1)c1ccccc1. The van der Waals surface area contributed by atoms with Crippen LogP contribution in [0.3, 0.4) is 0 Å². The number of nitrogens with one attached hydrogen (secondary N) is 2. The zero-order valence-electron chi connectivity index (χ0n) is 11.9. The van der Waals surface area contributed by atoms with Crippen LogP contribution in [-0.4, -0.2) is 44.4 Å². The third-order valence-electron chi connectivity index (χ3n) is 3.38. The number of hydrogen-bond donors (Lipinski definition) is 2. The van der Waals surface area contributed by atoms with Crippen molar-refractivity contribution in [1.82, 2.24) is 10.2 Å². The second-order valence-corrected chi connectivity index (χ2v) is 5.29. The van der Waals surface area contributed by atoms with Crippen LogP contribution in [0.15, 0.2) is 30.3 Å². The van der Waals surface area contributed by atoms with Gasteiger partial charge < -0.3 is 14.8 Å². The molecule has 0 spiro atoms. The van der Waals surface area contributed by atoms with Crippen molar-refractivity contribution >= 4 is 17.7 Å². The van der Waals surface area contributed by atoms with Gasteiger partial charge in [-0.3, -0.25) is 4.79 Å². The lowest BCUT2D eigenvalue weighted by molar-refractivity contribution is 0.0930. The summed E-state index contributed by atoms with van der Waals surface area (Å²) in [5.41, 5.74) is 0.708. The Morgan fingerprint density at radius 2 is 1.67 bits per heavy atom. The van der Waals surface area contributed by atoms with E-state index in [1.54, 1.807) is 0 Å². The van der Waals surface area contributed by atoms with E-state index in [0.29, 0.717) is 18.2 Å². The molecule has 2 heterocycles. The zero-order chi connectivity index (χ0) is 14.9. The summed E-state index contributed by atoms with van der Waals surface area (Å²) in [7, 11) is 0. The molecule has 0 aliphatic carbocycles. The minimum absolute atomic E-state index is 0.0129. The van der Waals surface area contributed by atoms with Gasteiger partial charge in [-0.2, -0.15) is 0 Å². The van der Waals surface area contributed by atoms with E-state index in [9.17, 15) is 4.79 Å². The minimum atomic E-state index is -0.0129. The van der Waals surface area contributed by atoms with Crippen molar-refractivity contribution in [3.05, 3.63) is 35.9 Å². The van der Waals surface area contributed by atoms with Crippen molar-refractivity contribution in [3.63, 3.8) is 0 Å². The van der Waals surface area contributed by atoms with E-state index in [2.05, 4.69) is 10.2 Å². The summed E-state index contributed by atoms with van der Waals surface area (Å²) in [5.74, 6) is -0.0129.